The topological polar surface area (TPSA) is 136 Å². The Balaban J connectivity index is 1.82. The molecule has 1 aromatic carbocycles. The summed E-state index contributed by atoms with van der Waals surface area (Å²) in [5.41, 5.74) is -0.0112. The maximum absolute atomic E-state index is 12.6. The number of imide groups is 1. The summed E-state index contributed by atoms with van der Waals surface area (Å²) >= 11 is 1.13. The molecule has 3 rings (SSSR count). The van der Waals surface area contributed by atoms with Crippen LogP contribution < -0.4 is 5.32 Å². The number of fused-ring (bicyclic) bond motifs is 1. The van der Waals surface area contributed by atoms with Gasteiger partial charge < -0.3 is 10.1 Å². The van der Waals surface area contributed by atoms with Gasteiger partial charge in [0, 0.05) is 6.07 Å². The minimum atomic E-state index is -0.915. The van der Waals surface area contributed by atoms with Gasteiger partial charge in [-0.1, -0.05) is 19.9 Å². The van der Waals surface area contributed by atoms with Crippen LogP contribution in [0.4, 0.5) is 10.7 Å². The van der Waals surface area contributed by atoms with Crippen molar-refractivity contribution < 1.29 is 28.8 Å². The number of ether oxygens (including phenoxy) is 1. The summed E-state index contributed by atoms with van der Waals surface area (Å²) in [7, 11) is 1.23. The van der Waals surface area contributed by atoms with Crippen LogP contribution in [-0.4, -0.2) is 47.2 Å². The lowest BCUT2D eigenvalue weighted by Crippen LogP contribution is -2.37. The van der Waals surface area contributed by atoms with Crippen LogP contribution in [0.2, 0.25) is 0 Å². The first-order chi connectivity index (χ1) is 14.6. The maximum atomic E-state index is 12.6. The second-order valence-electron chi connectivity index (χ2n) is 7.26. The van der Waals surface area contributed by atoms with E-state index in [0.717, 1.165) is 23.0 Å². The summed E-state index contributed by atoms with van der Waals surface area (Å²) < 4.78 is 4.82. The molecule has 162 valence electrons. The molecule has 3 amide bonds. The number of nitrogens with zero attached hydrogens (tertiary/aromatic N) is 2. The number of methoxy groups -OCH3 is 1. The number of carbonyl (C=O) groups excluding carboxylic acids is 4. The Labute approximate surface area is 180 Å². The molecule has 1 aliphatic heterocycles. The van der Waals surface area contributed by atoms with Crippen LogP contribution in [0, 0.1) is 16.0 Å². The van der Waals surface area contributed by atoms with Gasteiger partial charge in [-0.2, -0.15) is 0 Å². The van der Waals surface area contributed by atoms with Crippen molar-refractivity contribution in [3.63, 3.8) is 0 Å². The highest BCUT2D eigenvalue weighted by Gasteiger charge is 2.41. The van der Waals surface area contributed by atoms with E-state index in [2.05, 4.69) is 5.32 Å². The van der Waals surface area contributed by atoms with Crippen molar-refractivity contribution in [3.8, 4) is 0 Å². The van der Waals surface area contributed by atoms with Gasteiger partial charge in [-0.25, -0.2) is 4.79 Å². The fraction of sp³-hybridized carbons (Fsp3) is 0.300. The highest BCUT2D eigenvalue weighted by molar-refractivity contribution is 7.15. The number of carbonyl (C=O) groups is 4. The number of esters is 1. The molecule has 1 aliphatic rings. The summed E-state index contributed by atoms with van der Waals surface area (Å²) in [5.74, 6) is -2.78. The Bertz CT molecular complexity index is 1110. The second kappa shape index (κ2) is 8.64. The predicted octanol–water partition coefficient (Wildman–Crippen LogP) is 2.88. The molecular formula is C20H19N3O7S. The van der Waals surface area contributed by atoms with E-state index in [0.29, 0.717) is 11.3 Å². The third-order valence-electron chi connectivity index (χ3n) is 4.61. The van der Waals surface area contributed by atoms with E-state index in [4.69, 9.17) is 4.74 Å². The minimum absolute atomic E-state index is 0.127. The lowest BCUT2D eigenvalue weighted by Gasteiger charge is -2.14. The molecule has 31 heavy (non-hydrogen) atoms. The number of hydrogen-bond donors (Lipinski definition) is 1. The summed E-state index contributed by atoms with van der Waals surface area (Å²) in [5, 5.41) is 15.7. The average Bonchev–Trinajstić information content (AvgIpc) is 3.20. The van der Waals surface area contributed by atoms with E-state index >= 15 is 0 Å². The number of hydrogen-bond acceptors (Lipinski definition) is 8. The van der Waals surface area contributed by atoms with Gasteiger partial charge in [0.2, 0.25) is 5.91 Å². The van der Waals surface area contributed by atoms with Crippen molar-refractivity contribution in [1.82, 2.24) is 4.90 Å². The smallest absolute Gasteiger partial charge is 0.341 e. The van der Waals surface area contributed by atoms with Crippen molar-refractivity contribution in [2.24, 2.45) is 5.92 Å². The van der Waals surface area contributed by atoms with E-state index in [9.17, 15) is 29.3 Å². The largest absolute Gasteiger partial charge is 0.465 e. The molecular weight excluding hydrogens is 426 g/mol. The molecule has 0 aliphatic carbocycles. The lowest BCUT2D eigenvalue weighted by molar-refractivity contribution is -0.385. The first-order valence-electron chi connectivity index (χ1n) is 9.27. The summed E-state index contributed by atoms with van der Waals surface area (Å²) in [6.45, 7) is 3.32. The fourth-order valence-corrected chi connectivity index (χ4v) is 4.30. The standard InChI is InChI=1S/C20H19N3O7S/c1-10(2)7-11-9-31-17(15(11)20(27)30-3)21-14(24)8-22-18(25)12-5-4-6-13(23(28)29)16(12)19(22)26/h4-6,9-10H,7-8H2,1-3H3,(H,21,24). The number of amides is 3. The van der Waals surface area contributed by atoms with Crippen LogP contribution in [0.25, 0.3) is 0 Å². The monoisotopic (exact) mass is 445 g/mol. The van der Waals surface area contributed by atoms with E-state index in [1.807, 2.05) is 13.8 Å². The van der Waals surface area contributed by atoms with Crippen LogP contribution >= 0.6 is 11.3 Å². The van der Waals surface area contributed by atoms with Crippen molar-refractivity contribution in [2.75, 3.05) is 19.0 Å². The zero-order chi connectivity index (χ0) is 22.9. The third kappa shape index (κ3) is 4.17. The Kier molecular flexibility index (Phi) is 6.16. The third-order valence-corrected chi connectivity index (χ3v) is 5.56. The summed E-state index contributed by atoms with van der Waals surface area (Å²) in [6, 6.07) is 3.72. The molecule has 0 unspecified atom stereocenters. The molecule has 1 aromatic heterocycles. The van der Waals surface area contributed by atoms with Gasteiger partial charge in [-0.3, -0.25) is 29.4 Å². The molecule has 0 fully saturated rings. The van der Waals surface area contributed by atoms with Gasteiger partial charge in [-0.05, 0) is 29.3 Å². The molecule has 0 atom stereocenters. The number of rotatable bonds is 7. The predicted molar refractivity (Wildman–Crippen MR) is 111 cm³/mol. The van der Waals surface area contributed by atoms with E-state index in [1.54, 1.807) is 5.38 Å². The second-order valence-corrected chi connectivity index (χ2v) is 8.14. The fourth-order valence-electron chi connectivity index (χ4n) is 3.32. The van der Waals surface area contributed by atoms with Crippen molar-refractivity contribution in [3.05, 3.63) is 55.9 Å². The van der Waals surface area contributed by atoms with Gasteiger partial charge in [0.05, 0.1) is 23.2 Å². The molecule has 0 spiro atoms. The van der Waals surface area contributed by atoms with Crippen LogP contribution in [0.15, 0.2) is 23.6 Å². The van der Waals surface area contributed by atoms with Gasteiger partial charge in [-0.15, -0.1) is 11.3 Å². The first-order valence-corrected chi connectivity index (χ1v) is 10.2. The van der Waals surface area contributed by atoms with E-state index < -0.39 is 40.8 Å². The number of anilines is 1. The van der Waals surface area contributed by atoms with Crippen LogP contribution in [0.1, 0.15) is 50.5 Å². The maximum Gasteiger partial charge on any atom is 0.341 e. The zero-order valence-corrected chi connectivity index (χ0v) is 17.8. The number of nitro benzene ring substituents is 1. The van der Waals surface area contributed by atoms with Crippen molar-refractivity contribution in [1.29, 1.82) is 0 Å². The van der Waals surface area contributed by atoms with Gasteiger partial charge in [0.15, 0.2) is 0 Å². The van der Waals surface area contributed by atoms with Gasteiger partial charge in [0.25, 0.3) is 17.5 Å². The normalized spacial score (nSPS) is 12.8. The van der Waals surface area contributed by atoms with E-state index in [1.165, 1.54) is 19.2 Å². The zero-order valence-electron chi connectivity index (χ0n) is 17.0. The molecule has 0 radical (unpaired) electrons. The molecule has 10 nitrogen and oxygen atoms in total. The number of nitro groups is 1. The Hall–Kier alpha value is -3.60. The Morgan fingerprint density at radius 2 is 1.97 bits per heavy atom. The highest BCUT2D eigenvalue weighted by atomic mass is 32.1. The Morgan fingerprint density at radius 1 is 1.26 bits per heavy atom. The van der Waals surface area contributed by atoms with Crippen LogP contribution in [-0.2, 0) is 16.0 Å². The number of thiophene rings is 1. The molecule has 1 N–H and O–H groups in total. The van der Waals surface area contributed by atoms with Crippen molar-refractivity contribution >= 4 is 45.7 Å². The first kappa shape index (κ1) is 22.1. The molecule has 0 saturated carbocycles. The van der Waals surface area contributed by atoms with E-state index in [-0.39, 0.29) is 27.6 Å². The van der Waals surface area contributed by atoms with Crippen LogP contribution in [0.3, 0.4) is 0 Å². The molecule has 0 bridgehead atoms. The quantitative estimate of drug-likeness (QED) is 0.299. The average molecular weight is 445 g/mol. The molecule has 2 heterocycles. The molecule has 0 saturated heterocycles. The van der Waals surface area contributed by atoms with Gasteiger partial charge in [0.1, 0.15) is 17.1 Å². The molecule has 2 aromatic rings. The lowest BCUT2D eigenvalue weighted by atomic mass is 10.0. The molecule has 11 heteroatoms. The highest BCUT2D eigenvalue weighted by Crippen LogP contribution is 2.32. The van der Waals surface area contributed by atoms with Crippen LogP contribution in [0.5, 0.6) is 0 Å². The number of benzene rings is 1. The summed E-state index contributed by atoms with van der Waals surface area (Å²) in [6.07, 6.45) is 0.596. The van der Waals surface area contributed by atoms with Gasteiger partial charge >= 0.3 is 5.97 Å². The Morgan fingerprint density at radius 3 is 2.58 bits per heavy atom. The SMILES string of the molecule is COC(=O)c1c(CC(C)C)csc1NC(=O)CN1C(=O)c2cccc([N+](=O)[O-])c2C1=O. The number of nitrogens with one attached hydrogen (secondary N) is 1. The minimum Gasteiger partial charge on any atom is -0.465 e. The summed E-state index contributed by atoms with van der Waals surface area (Å²) in [4.78, 5) is 61.1. The van der Waals surface area contributed by atoms with Crippen molar-refractivity contribution in [2.45, 2.75) is 20.3 Å².